The summed E-state index contributed by atoms with van der Waals surface area (Å²) in [5, 5.41) is 16.3. The van der Waals surface area contributed by atoms with Crippen LogP contribution >= 0.6 is 0 Å². The molecule has 0 saturated heterocycles. The van der Waals surface area contributed by atoms with Crippen molar-refractivity contribution in [1.82, 2.24) is 25.3 Å². The number of nitrogens with zero attached hydrogens (tertiary/aromatic N) is 4. The first kappa shape index (κ1) is 14.3. The zero-order valence-corrected chi connectivity index (χ0v) is 13.0. The van der Waals surface area contributed by atoms with Crippen LogP contribution in [0, 0.1) is 0 Å². The summed E-state index contributed by atoms with van der Waals surface area (Å²) in [6.45, 7) is 7.16. The number of fused-ring (bicyclic) bond motifs is 1. The van der Waals surface area contributed by atoms with Gasteiger partial charge in [0, 0.05) is 30.3 Å². The van der Waals surface area contributed by atoms with Gasteiger partial charge in [0.05, 0.1) is 12.2 Å². The summed E-state index contributed by atoms with van der Waals surface area (Å²) in [7, 11) is 0. The minimum Gasteiger partial charge on any atom is -0.424 e. The summed E-state index contributed by atoms with van der Waals surface area (Å²) in [6.07, 6.45) is 6.22. The SMILES string of the molecule is CCc1nnc([C@H](C)N[C@@H]2CCCc3c2cnn3CC)o1. The smallest absolute Gasteiger partial charge is 0.233 e. The van der Waals surface area contributed by atoms with Gasteiger partial charge in [-0.25, -0.2) is 0 Å². The van der Waals surface area contributed by atoms with E-state index in [2.05, 4.69) is 39.1 Å². The van der Waals surface area contributed by atoms with Crippen LogP contribution in [0.1, 0.15) is 68.7 Å². The van der Waals surface area contributed by atoms with Crippen LogP contribution in [-0.2, 0) is 19.4 Å². The molecule has 6 nitrogen and oxygen atoms in total. The number of aryl methyl sites for hydroxylation is 2. The number of hydrogen-bond acceptors (Lipinski definition) is 5. The van der Waals surface area contributed by atoms with Crippen LogP contribution in [0.5, 0.6) is 0 Å². The van der Waals surface area contributed by atoms with E-state index in [-0.39, 0.29) is 6.04 Å². The molecule has 0 aromatic carbocycles. The lowest BCUT2D eigenvalue weighted by Gasteiger charge is -2.26. The molecule has 3 rings (SSSR count). The zero-order chi connectivity index (χ0) is 14.8. The van der Waals surface area contributed by atoms with Crippen LogP contribution in [0.25, 0.3) is 0 Å². The lowest BCUT2D eigenvalue weighted by molar-refractivity contribution is 0.347. The highest BCUT2D eigenvalue weighted by molar-refractivity contribution is 5.25. The molecular formula is C15H23N5O. The van der Waals surface area contributed by atoms with Crippen molar-refractivity contribution in [3.63, 3.8) is 0 Å². The van der Waals surface area contributed by atoms with Crippen molar-refractivity contribution in [2.75, 3.05) is 0 Å². The van der Waals surface area contributed by atoms with Crippen molar-refractivity contribution in [3.8, 4) is 0 Å². The Labute approximate surface area is 124 Å². The molecule has 0 unspecified atom stereocenters. The lowest BCUT2D eigenvalue weighted by atomic mass is 9.92. The van der Waals surface area contributed by atoms with Crippen LogP contribution in [0.3, 0.4) is 0 Å². The number of nitrogens with one attached hydrogen (secondary N) is 1. The Bertz CT molecular complexity index is 603. The van der Waals surface area contributed by atoms with E-state index >= 15 is 0 Å². The van der Waals surface area contributed by atoms with E-state index in [1.807, 2.05) is 13.1 Å². The molecule has 0 spiro atoms. The summed E-state index contributed by atoms with van der Waals surface area (Å²) in [4.78, 5) is 0. The maximum Gasteiger partial charge on any atom is 0.233 e. The van der Waals surface area contributed by atoms with E-state index in [9.17, 15) is 0 Å². The molecule has 0 bridgehead atoms. The Kier molecular flexibility index (Phi) is 4.05. The molecule has 6 heteroatoms. The van der Waals surface area contributed by atoms with Crippen molar-refractivity contribution in [2.24, 2.45) is 0 Å². The number of rotatable bonds is 5. The van der Waals surface area contributed by atoms with E-state index in [0.717, 1.165) is 25.8 Å². The fourth-order valence-corrected chi connectivity index (χ4v) is 3.02. The summed E-state index contributed by atoms with van der Waals surface area (Å²) in [5.74, 6) is 1.36. The molecule has 2 aromatic rings. The Morgan fingerprint density at radius 3 is 3.00 bits per heavy atom. The summed E-state index contributed by atoms with van der Waals surface area (Å²) in [6, 6.07) is 0.375. The van der Waals surface area contributed by atoms with Gasteiger partial charge in [0.15, 0.2) is 0 Å². The normalized spacial score (nSPS) is 19.5. The van der Waals surface area contributed by atoms with Gasteiger partial charge in [-0.2, -0.15) is 5.10 Å². The Balaban J connectivity index is 1.75. The fourth-order valence-electron chi connectivity index (χ4n) is 3.02. The topological polar surface area (TPSA) is 68.8 Å². The third-order valence-corrected chi connectivity index (χ3v) is 4.17. The van der Waals surface area contributed by atoms with Gasteiger partial charge in [0.1, 0.15) is 0 Å². The van der Waals surface area contributed by atoms with Crippen molar-refractivity contribution in [2.45, 2.75) is 65.1 Å². The average molecular weight is 289 g/mol. The molecule has 0 aliphatic heterocycles. The molecule has 0 fully saturated rings. The second kappa shape index (κ2) is 5.97. The molecule has 2 atom stereocenters. The highest BCUT2D eigenvalue weighted by Gasteiger charge is 2.26. The molecule has 114 valence electrons. The van der Waals surface area contributed by atoms with E-state index in [0.29, 0.717) is 17.8 Å². The molecule has 2 heterocycles. The highest BCUT2D eigenvalue weighted by atomic mass is 16.4. The maximum absolute atomic E-state index is 5.64. The zero-order valence-electron chi connectivity index (χ0n) is 13.0. The van der Waals surface area contributed by atoms with Gasteiger partial charge in [-0.05, 0) is 33.1 Å². The van der Waals surface area contributed by atoms with Gasteiger partial charge in [-0.15, -0.1) is 10.2 Å². The Morgan fingerprint density at radius 1 is 1.43 bits per heavy atom. The summed E-state index contributed by atoms with van der Waals surface area (Å²) >= 11 is 0. The molecule has 1 aliphatic carbocycles. The summed E-state index contributed by atoms with van der Waals surface area (Å²) < 4.78 is 7.75. The van der Waals surface area contributed by atoms with Gasteiger partial charge in [-0.1, -0.05) is 6.92 Å². The second-order valence-corrected chi connectivity index (χ2v) is 5.58. The van der Waals surface area contributed by atoms with Crippen LogP contribution in [0.4, 0.5) is 0 Å². The Morgan fingerprint density at radius 2 is 2.29 bits per heavy atom. The average Bonchev–Trinajstić information content (AvgIpc) is 3.14. The third kappa shape index (κ3) is 2.72. The van der Waals surface area contributed by atoms with E-state index in [1.54, 1.807) is 0 Å². The molecule has 2 aromatic heterocycles. The van der Waals surface area contributed by atoms with Crippen LogP contribution < -0.4 is 5.32 Å². The fraction of sp³-hybridized carbons (Fsp3) is 0.667. The van der Waals surface area contributed by atoms with Crippen molar-refractivity contribution >= 4 is 0 Å². The number of hydrogen-bond donors (Lipinski definition) is 1. The molecule has 21 heavy (non-hydrogen) atoms. The quantitative estimate of drug-likeness (QED) is 0.916. The lowest BCUT2D eigenvalue weighted by Crippen LogP contribution is -2.28. The van der Waals surface area contributed by atoms with Crippen molar-refractivity contribution in [1.29, 1.82) is 0 Å². The van der Waals surface area contributed by atoms with Gasteiger partial charge < -0.3 is 4.42 Å². The number of aromatic nitrogens is 4. The second-order valence-electron chi connectivity index (χ2n) is 5.58. The van der Waals surface area contributed by atoms with Gasteiger partial charge in [-0.3, -0.25) is 10.00 Å². The first-order valence-corrected chi connectivity index (χ1v) is 7.85. The van der Waals surface area contributed by atoms with E-state index < -0.39 is 0 Å². The maximum atomic E-state index is 5.64. The molecular weight excluding hydrogens is 266 g/mol. The summed E-state index contributed by atoms with van der Waals surface area (Å²) in [5.41, 5.74) is 2.69. The molecule has 0 saturated carbocycles. The minimum atomic E-state index is 0.0544. The van der Waals surface area contributed by atoms with Crippen LogP contribution in [0.2, 0.25) is 0 Å². The van der Waals surface area contributed by atoms with Crippen LogP contribution in [0.15, 0.2) is 10.6 Å². The van der Waals surface area contributed by atoms with Gasteiger partial charge in [0.25, 0.3) is 0 Å². The van der Waals surface area contributed by atoms with Crippen LogP contribution in [-0.4, -0.2) is 20.0 Å². The van der Waals surface area contributed by atoms with Crippen molar-refractivity contribution in [3.05, 3.63) is 29.2 Å². The largest absolute Gasteiger partial charge is 0.424 e. The predicted octanol–water partition coefficient (Wildman–Crippen LogP) is 2.58. The first-order chi connectivity index (χ1) is 10.2. The van der Waals surface area contributed by atoms with Crippen molar-refractivity contribution < 1.29 is 4.42 Å². The monoisotopic (exact) mass is 289 g/mol. The highest BCUT2D eigenvalue weighted by Crippen LogP contribution is 2.31. The standard InChI is InChI=1S/C15H23N5O/c1-4-14-18-19-15(21-14)10(3)17-12-7-6-8-13-11(12)9-16-20(13)5-2/h9-10,12,17H,4-8H2,1-3H3/t10-,12+/m0/s1. The third-order valence-electron chi connectivity index (χ3n) is 4.17. The molecule has 1 N–H and O–H groups in total. The minimum absolute atomic E-state index is 0.0544. The molecule has 1 aliphatic rings. The molecule has 0 radical (unpaired) electrons. The first-order valence-electron chi connectivity index (χ1n) is 7.85. The van der Waals surface area contributed by atoms with E-state index in [4.69, 9.17) is 4.42 Å². The van der Waals surface area contributed by atoms with Gasteiger partial charge in [0.2, 0.25) is 11.8 Å². The van der Waals surface area contributed by atoms with E-state index in [1.165, 1.54) is 17.7 Å². The van der Waals surface area contributed by atoms with Gasteiger partial charge >= 0.3 is 0 Å². The molecule has 0 amide bonds. The Hall–Kier alpha value is -1.69. The predicted molar refractivity (Wildman–Crippen MR) is 78.8 cm³/mol.